The fraction of sp³-hybridized carbons (Fsp3) is 0.118. The molecule has 0 aliphatic heterocycles. The van der Waals surface area contributed by atoms with E-state index in [2.05, 4.69) is 15.9 Å². The molecule has 0 amide bonds. The Morgan fingerprint density at radius 2 is 1.36 bits per heavy atom. The Labute approximate surface area is 137 Å². The Morgan fingerprint density at radius 1 is 0.909 bits per heavy atom. The molecule has 0 aliphatic carbocycles. The number of aliphatic hydroxyl groups excluding tert-OH is 1. The average Bonchev–Trinajstić information content (AvgIpc) is 2.59. The first-order valence-corrected chi connectivity index (χ1v) is 7.29. The van der Waals surface area contributed by atoms with Crippen LogP contribution in [0.3, 0.4) is 0 Å². The van der Waals surface area contributed by atoms with Gasteiger partial charge >= 0.3 is 0 Å². The van der Waals surface area contributed by atoms with Crippen molar-refractivity contribution in [3.05, 3.63) is 64.1 Å². The van der Waals surface area contributed by atoms with Gasteiger partial charge in [-0.25, -0.2) is 0 Å². The van der Waals surface area contributed by atoms with Gasteiger partial charge in [0.05, 0.1) is 25.3 Å². The number of Topliss-reactive ketones (excluding diaryl/α,β-unsaturated/α-hetero) is 1. The second-order valence-corrected chi connectivity index (χ2v) is 5.19. The molecule has 0 radical (unpaired) electrons. The van der Waals surface area contributed by atoms with Crippen LogP contribution in [0, 0.1) is 0 Å². The number of allylic oxidation sites excluding steroid dienone is 1. The van der Waals surface area contributed by atoms with Crippen LogP contribution in [0.25, 0.3) is 5.76 Å². The van der Waals surface area contributed by atoms with Gasteiger partial charge in [0.15, 0.2) is 0 Å². The topological polar surface area (TPSA) is 55.8 Å². The van der Waals surface area contributed by atoms with Crippen molar-refractivity contribution < 1.29 is 19.4 Å². The average molecular weight is 363 g/mol. The number of ketones is 1. The Bertz CT molecular complexity index is 722. The van der Waals surface area contributed by atoms with E-state index in [-0.39, 0.29) is 16.0 Å². The normalized spacial score (nSPS) is 11.6. The lowest BCUT2D eigenvalue weighted by atomic mass is 10.1. The smallest absolute Gasteiger partial charge is 0.207 e. The molecule has 2 aromatic rings. The van der Waals surface area contributed by atoms with Crippen LogP contribution in [0.1, 0.15) is 15.9 Å². The number of carbonyl (C=O) groups is 1. The zero-order valence-electron chi connectivity index (χ0n) is 12.2. The maximum Gasteiger partial charge on any atom is 0.207 e. The molecule has 0 atom stereocenters. The molecule has 0 saturated carbocycles. The van der Waals surface area contributed by atoms with E-state index in [9.17, 15) is 9.90 Å². The second kappa shape index (κ2) is 7.13. The summed E-state index contributed by atoms with van der Waals surface area (Å²) in [6.45, 7) is 0. The van der Waals surface area contributed by atoms with Crippen molar-refractivity contribution in [3.63, 3.8) is 0 Å². The van der Waals surface area contributed by atoms with Gasteiger partial charge in [0.25, 0.3) is 0 Å². The minimum absolute atomic E-state index is 0.0431. The fourth-order valence-electron chi connectivity index (χ4n) is 2.02. The highest BCUT2D eigenvalue weighted by Gasteiger charge is 2.20. The van der Waals surface area contributed by atoms with E-state index in [1.54, 1.807) is 48.5 Å². The minimum atomic E-state index is -0.374. The zero-order chi connectivity index (χ0) is 16.1. The molecule has 0 fully saturated rings. The predicted octanol–water partition coefficient (Wildman–Crippen LogP) is 4.21. The van der Waals surface area contributed by atoms with Crippen molar-refractivity contribution in [1.82, 2.24) is 0 Å². The highest BCUT2D eigenvalue weighted by molar-refractivity contribution is 9.12. The maximum absolute atomic E-state index is 12.6. The molecule has 1 N–H and O–H groups in total. The lowest BCUT2D eigenvalue weighted by Gasteiger charge is -2.10. The lowest BCUT2D eigenvalue weighted by Crippen LogP contribution is -2.04. The number of methoxy groups -OCH3 is 2. The van der Waals surface area contributed by atoms with Crippen LogP contribution in [-0.4, -0.2) is 25.1 Å². The van der Waals surface area contributed by atoms with Gasteiger partial charge in [-0.15, -0.1) is 0 Å². The summed E-state index contributed by atoms with van der Waals surface area (Å²) in [5.74, 6) is 0.358. The molecule has 4 nitrogen and oxygen atoms in total. The SMILES string of the molecule is COc1ccccc1C(=O)C(Br)=C(O)c1ccccc1OC. The number of carbonyl (C=O) groups excluding carboxylic acids is 1. The van der Waals surface area contributed by atoms with E-state index >= 15 is 0 Å². The highest BCUT2D eigenvalue weighted by atomic mass is 79.9. The molecule has 22 heavy (non-hydrogen) atoms. The van der Waals surface area contributed by atoms with Crippen LogP contribution < -0.4 is 9.47 Å². The van der Waals surface area contributed by atoms with Gasteiger partial charge in [-0.3, -0.25) is 4.79 Å². The number of aliphatic hydroxyl groups is 1. The molecular weight excluding hydrogens is 348 g/mol. The first kappa shape index (κ1) is 16.1. The van der Waals surface area contributed by atoms with Crippen molar-refractivity contribution in [3.8, 4) is 11.5 Å². The number of para-hydroxylation sites is 2. The van der Waals surface area contributed by atoms with Crippen molar-refractivity contribution in [2.75, 3.05) is 14.2 Å². The first-order chi connectivity index (χ1) is 10.6. The molecule has 0 aliphatic rings. The number of rotatable bonds is 5. The van der Waals surface area contributed by atoms with Crippen molar-refractivity contribution >= 4 is 27.5 Å². The number of hydrogen-bond donors (Lipinski definition) is 1. The van der Waals surface area contributed by atoms with Gasteiger partial charge in [0.1, 0.15) is 21.7 Å². The number of halogens is 1. The predicted molar refractivity (Wildman–Crippen MR) is 88.8 cm³/mol. The zero-order valence-corrected chi connectivity index (χ0v) is 13.8. The molecule has 2 rings (SSSR count). The summed E-state index contributed by atoms with van der Waals surface area (Å²) >= 11 is 3.18. The second-order valence-electron chi connectivity index (χ2n) is 4.39. The molecule has 0 bridgehead atoms. The molecule has 0 aromatic heterocycles. The molecule has 5 heteroatoms. The lowest BCUT2D eigenvalue weighted by molar-refractivity contribution is 0.104. The van der Waals surface area contributed by atoms with Crippen LogP contribution in [0.15, 0.2) is 53.0 Å². The summed E-state index contributed by atoms with van der Waals surface area (Å²) in [4.78, 5) is 12.6. The number of benzene rings is 2. The van der Waals surface area contributed by atoms with Gasteiger partial charge in [0, 0.05) is 0 Å². The molecule has 114 valence electrons. The van der Waals surface area contributed by atoms with Crippen molar-refractivity contribution in [2.45, 2.75) is 0 Å². The van der Waals surface area contributed by atoms with Gasteiger partial charge in [0.2, 0.25) is 5.78 Å². The van der Waals surface area contributed by atoms with E-state index in [0.29, 0.717) is 22.6 Å². The molecular formula is C17H15BrO4. The van der Waals surface area contributed by atoms with E-state index in [0.717, 1.165) is 0 Å². The third-order valence-corrected chi connectivity index (χ3v) is 3.86. The van der Waals surface area contributed by atoms with E-state index in [1.807, 2.05) is 0 Å². The van der Waals surface area contributed by atoms with Gasteiger partial charge in [-0.1, -0.05) is 24.3 Å². The van der Waals surface area contributed by atoms with Crippen LogP contribution in [-0.2, 0) is 0 Å². The summed E-state index contributed by atoms with van der Waals surface area (Å²) in [6.07, 6.45) is 0. The molecule has 2 aromatic carbocycles. The minimum Gasteiger partial charge on any atom is -0.506 e. The quantitative estimate of drug-likeness (QED) is 0.491. The Balaban J connectivity index is 2.48. The van der Waals surface area contributed by atoms with Gasteiger partial charge in [-0.05, 0) is 40.2 Å². The number of hydrogen-bond acceptors (Lipinski definition) is 4. The van der Waals surface area contributed by atoms with E-state index in [1.165, 1.54) is 14.2 Å². The van der Waals surface area contributed by atoms with Crippen molar-refractivity contribution in [2.24, 2.45) is 0 Å². The van der Waals surface area contributed by atoms with Gasteiger partial charge in [-0.2, -0.15) is 0 Å². The summed E-state index contributed by atoms with van der Waals surface area (Å²) in [7, 11) is 2.99. The summed E-state index contributed by atoms with van der Waals surface area (Å²) < 4.78 is 10.4. The summed E-state index contributed by atoms with van der Waals surface area (Å²) in [6, 6.07) is 13.7. The molecule has 0 spiro atoms. The molecule has 0 heterocycles. The van der Waals surface area contributed by atoms with Crippen LogP contribution in [0.5, 0.6) is 11.5 Å². The van der Waals surface area contributed by atoms with Crippen LogP contribution >= 0.6 is 15.9 Å². The van der Waals surface area contributed by atoms with Crippen LogP contribution in [0.2, 0.25) is 0 Å². The molecule has 0 saturated heterocycles. The summed E-state index contributed by atoms with van der Waals surface area (Å²) in [5, 5.41) is 10.4. The Hall–Kier alpha value is -2.27. The van der Waals surface area contributed by atoms with E-state index in [4.69, 9.17) is 9.47 Å². The molecule has 0 unspecified atom stereocenters. The van der Waals surface area contributed by atoms with Crippen molar-refractivity contribution in [1.29, 1.82) is 0 Å². The third kappa shape index (κ3) is 3.14. The summed E-state index contributed by atoms with van der Waals surface area (Å²) in [5.41, 5.74) is 0.790. The van der Waals surface area contributed by atoms with Crippen LogP contribution in [0.4, 0.5) is 0 Å². The largest absolute Gasteiger partial charge is 0.506 e. The van der Waals surface area contributed by atoms with E-state index < -0.39 is 0 Å². The number of ether oxygens (including phenoxy) is 2. The Morgan fingerprint density at radius 3 is 1.91 bits per heavy atom. The standard InChI is InChI=1S/C17H15BrO4/c1-21-13-9-5-3-7-11(13)16(19)15(18)17(20)12-8-4-6-10-14(12)22-2/h3-10,19H,1-2H3. The maximum atomic E-state index is 12.6. The Kier molecular flexibility index (Phi) is 5.22. The monoisotopic (exact) mass is 362 g/mol. The fourth-order valence-corrected chi connectivity index (χ4v) is 2.44. The first-order valence-electron chi connectivity index (χ1n) is 6.50. The highest BCUT2D eigenvalue weighted by Crippen LogP contribution is 2.31. The van der Waals surface area contributed by atoms with Gasteiger partial charge < -0.3 is 14.6 Å². The third-order valence-electron chi connectivity index (χ3n) is 3.12.